The highest BCUT2D eigenvalue weighted by molar-refractivity contribution is 5.05. The van der Waals surface area contributed by atoms with Crippen LogP contribution in [0.3, 0.4) is 0 Å². The highest BCUT2D eigenvalue weighted by atomic mass is 16.0. The number of rotatable bonds is 1. The summed E-state index contributed by atoms with van der Waals surface area (Å²) in [6, 6.07) is 0. The van der Waals surface area contributed by atoms with E-state index in [0.717, 1.165) is 0 Å². The molecule has 0 spiro atoms. The predicted molar refractivity (Wildman–Crippen MR) is 41.3 cm³/mol. The maximum absolute atomic E-state index is 5.66. The average molecular weight is 131 g/mol. The first-order valence-corrected chi connectivity index (χ1v) is 2.87. The van der Waals surface area contributed by atoms with Gasteiger partial charge in [0.25, 0.3) is 0 Å². The topological polar surface area (TPSA) is 57.5 Å². The highest BCUT2D eigenvalue weighted by Crippen LogP contribution is 2.02. The Morgan fingerprint density at radius 2 is 1.67 bits per heavy atom. The molecule has 0 aromatic carbocycles. The van der Waals surface area contributed by atoms with Crippen molar-refractivity contribution in [2.75, 3.05) is 0 Å². The summed E-state index contributed by atoms with van der Waals surface area (Å²) in [6.07, 6.45) is 2.05. The van der Waals surface area contributed by atoms with E-state index in [-0.39, 0.29) is 11.0 Å². The average Bonchev–Trinajstić information content (AvgIpc) is 1.21. The summed E-state index contributed by atoms with van der Waals surface area (Å²) in [5.41, 5.74) is 6.80. The lowest BCUT2D eigenvalue weighted by Crippen LogP contribution is -2.28. The Morgan fingerprint density at radius 3 is 1.67 bits per heavy atom. The smallest absolute Gasteiger partial charge is 0.0284 e. The molecule has 0 aliphatic carbocycles. The SMILES string of the molecule is CC(C)=CC(C)(C)N.O. The van der Waals surface area contributed by atoms with Gasteiger partial charge in [-0.3, -0.25) is 0 Å². The van der Waals surface area contributed by atoms with Crippen molar-refractivity contribution in [1.29, 1.82) is 0 Å². The molecular formula is C7H17NO. The van der Waals surface area contributed by atoms with Gasteiger partial charge in [0.2, 0.25) is 0 Å². The monoisotopic (exact) mass is 131 g/mol. The first-order chi connectivity index (χ1) is 3.42. The zero-order valence-corrected chi connectivity index (χ0v) is 6.65. The third-order valence-electron chi connectivity index (χ3n) is 0.661. The second-order valence-electron chi connectivity index (χ2n) is 3.04. The third kappa shape index (κ3) is 11.3. The minimum atomic E-state index is -0.140. The molecule has 0 amide bonds. The molecule has 2 heteroatoms. The Labute approximate surface area is 57.1 Å². The fourth-order valence-electron chi connectivity index (χ4n) is 0.744. The Bertz CT molecular complexity index is 96.0. The van der Waals surface area contributed by atoms with Crippen LogP contribution in [0.2, 0.25) is 0 Å². The molecule has 0 saturated heterocycles. The van der Waals surface area contributed by atoms with Gasteiger partial charge in [0.1, 0.15) is 0 Å². The Kier molecular flexibility index (Phi) is 4.63. The third-order valence-corrected chi connectivity index (χ3v) is 0.661. The number of hydrogen-bond acceptors (Lipinski definition) is 1. The quantitative estimate of drug-likeness (QED) is 0.527. The van der Waals surface area contributed by atoms with Gasteiger partial charge in [0.05, 0.1) is 0 Å². The normalized spacial score (nSPS) is 9.89. The van der Waals surface area contributed by atoms with Crippen molar-refractivity contribution in [2.45, 2.75) is 33.2 Å². The molecule has 4 N–H and O–H groups in total. The molecule has 2 nitrogen and oxygen atoms in total. The standard InChI is InChI=1S/C7H15N.H2O/c1-6(2)5-7(3,4)8;/h5H,8H2,1-4H3;1H2. The minimum absolute atomic E-state index is 0. The molecule has 0 aliphatic rings. The van der Waals surface area contributed by atoms with E-state index in [0.29, 0.717) is 0 Å². The van der Waals surface area contributed by atoms with Crippen LogP contribution in [0.1, 0.15) is 27.7 Å². The van der Waals surface area contributed by atoms with Crippen molar-refractivity contribution in [3.63, 3.8) is 0 Å². The molecule has 56 valence electrons. The van der Waals surface area contributed by atoms with Crippen molar-refractivity contribution in [3.05, 3.63) is 11.6 Å². The molecule has 0 unspecified atom stereocenters. The van der Waals surface area contributed by atoms with Crippen LogP contribution in [0.4, 0.5) is 0 Å². The summed E-state index contributed by atoms with van der Waals surface area (Å²) in [4.78, 5) is 0. The fourth-order valence-corrected chi connectivity index (χ4v) is 0.744. The van der Waals surface area contributed by atoms with E-state index in [1.54, 1.807) is 0 Å². The molecule has 0 radical (unpaired) electrons. The summed E-state index contributed by atoms with van der Waals surface area (Å²) in [5.74, 6) is 0. The van der Waals surface area contributed by atoms with Crippen LogP contribution in [0.5, 0.6) is 0 Å². The van der Waals surface area contributed by atoms with Gasteiger partial charge in [-0.1, -0.05) is 11.6 Å². The number of nitrogens with two attached hydrogens (primary N) is 1. The molecule has 0 heterocycles. The van der Waals surface area contributed by atoms with Gasteiger partial charge < -0.3 is 11.2 Å². The Balaban J connectivity index is 0. The van der Waals surface area contributed by atoms with Crippen LogP contribution < -0.4 is 5.73 Å². The van der Waals surface area contributed by atoms with Gasteiger partial charge in [-0.25, -0.2) is 0 Å². The van der Waals surface area contributed by atoms with E-state index in [4.69, 9.17) is 5.73 Å². The summed E-state index contributed by atoms with van der Waals surface area (Å²) in [5, 5.41) is 0. The molecule has 0 rings (SSSR count). The zero-order chi connectivity index (χ0) is 6.78. The molecule has 0 bridgehead atoms. The first kappa shape index (κ1) is 11.5. The lowest BCUT2D eigenvalue weighted by atomic mass is 10.0. The van der Waals surface area contributed by atoms with Crippen LogP contribution in [0.25, 0.3) is 0 Å². The fraction of sp³-hybridized carbons (Fsp3) is 0.714. The van der Waals surface area contributed by atoms with E-state index >= 15 is 0 Å². The van der Waals surface area contributed by atoms with Crippen LogP contribution >= 0.6 is 0 Å². The maximum atomic E-state index is 5.66. The van der Waals surface area contributed by atoms with Gasteiger partial charge in [-0.2, -0.15) is 0 Å². The maximum Gasteiger partial charge on any atom is 0.0284 e. The van der Waals surface area contributed by atoms with Crippen molar-refractivity contribution in [1.82, 2.24) is 0 Å². The van der Waals surface area contributed by atoms with Crippen LogP contribution in [-0.2, 0) is 0 Å². The molecule has 0 aromatic heterocycles. The van der Waals surface area contributed by atoms with E-state index in [1.165, 1.54) is 5.57 Å². The second-order valence-corrected chi connectivity index (χ2v) is 3.04. The van der Waals surface area contributed by atoms with Gasteiger partial charge >= 0.3 is 0 Å². The molecule has 0 aliphatic heterocycles. The molecule has 9 heavy (non-hydrogen) atoms. The van der Waals surface area contributed by atoms with E-state index in [1.807, 2.05) is 19.9 Å². The van der Waals surface area contributed by atoms with E-state index in [9.17, 15) is 0 Å². The predicted octanol–water partition coefficient (Wildman–Crippen LogP) is 0.865. The minimum Gasteiger partial charge on any atom is -0.412 e. The summed E-state index contributed by atoms with van der Waals surface area (Å²) < 4.78 is 0. The molecular weight excluding hydrogens is 114 g/mol. The van der Waals surface area contributed by atoms with Gasteiger partial charge in [0.15, 0.2) is 0 Å². The zero-order valence-electron chi connectivity index (χ0n) is 6.65. The molecule has 0 aromatic rings. The van der Waals surface area contributed by atoms with E-state index in [2.05, 4.69) is 13.8 Å². The lowest BCUT2D eigenvalue weighted by Gasteiger charge is -2.12. The summed E-state index contributed by atoms with van der Waals surface area (Å²) in [6.45, 7) is 8.07. The molecule has 0 atom stereocenters. The largest absolute Gasteiger partial charge is 0.412 e. The van der Waals surface area contributed by atoms with E-state index < -0.39 is 0 Å². The van der Waals surface area contributed by atoms with Crippen LogP contribution in [0, 0.1) is 0 Å². The van der Waals surface area contributed by atoms with Gasteiger partial charge in [-0.05, 0) is 27.7 Å². The molecule has 0 fully saturated rings. The van der Waals surface area contributed by atoms with Crippen molar-refractivity contribution < 1.29 is 5.48 Å². The first-order valence-electron chi connectivity index (χ1n) is 2.87. The summed E-state index contributed by atoms with van der Waals surface area (Å²) >= 11 is 0. The van der Waals surface area contributed by atoms with Crippen LogP contribution in [-0.4, -0.2) is 11.0 Å². The van der Waals surface area contributed by atoms with Crippen molar-refractivity contribution in [2.24, 2.45) is 5.73 Å². The molecule has 0 saturated carbocycles. The van der Waals surface area contributed by atoms with Crippen molar-refractivity contribution in [3.8, 4) is 0 Å². The van der Waals surface area contributed by atoms with Crippen LogP contribution in [0.15, 0.2) is 11.6 Å². The second kappa shape index (κ2) is 3.64. The lowest BCUT2D eigenvalue weighted by molar-refractivity contribution is 0.649. The summed E-state index contributed by atoms with van der Waals surface area (Å²) in [7, 11) is 0. The van der Waals surface area contributed by atoms with Gasteiger partial charge in [-0.15, -0.1) is 0 Å². The Morgan fingerprint density at radius 1 is 1.33 bits per heavy atom. The van der Waals surface area contributed by atoms with Gasteiger partial charge in [0, 0.05) is 5.54 Å². The van der Waals surface area contributed by atoms with Crippen molar-refractivity contribution >= 4 is 0 Å². The number of allylic oxidation sites excluding steroid dienone is 1. The Hall–Kier alpha value is -0.340. The highest BCUT2D eigenvalue weighted by Gasteiger charge is 2.03. The number of hydrogen-bond donors (Lipinski definition) is 1.